The normalized spacial score (nSPS) is 10.4. The molecule has 0 spiro atoms. The third kappa shape index (κ3) is 1.49. The zero-order valence-electron chi connectivity index (χ0n) is 7.60. The standard InChI is InChI=1S/C11H10N2O/c12-7-11(14)9-4-3-8-2-1-5-13-10(8)6-9/h1-6H,7,12H2. The van der Waals surface area contributed by atoms with Gasteiger partial charge >= 0.3 is 0 Å². The Hall–Kier alpha value is -1.74. The van der Waals surface area contributed by atoms with Crippen LogP contribution in [-0.2, 0) is 0 Å². The van der Waals surface area contributed by atoms with Gasteiger partial charge in [-0.2, -0.15) is 0 Å². The third-order valence-electron chi connectivity index (χ3n) is 2.11. The molecule has 0 atom stereocenters. The lowest BCUT2D eigenvalue weighted by Gasteiger charge is -1.99. The summed E-state index contributed by atoms with van der Waals surface area (Å²) in [7, 11) is 0. The highest BCUT2D eigenvalue weighted by Crippen LogP contribution is 2.13. The Labute approximate surface area is 81.6 Å². The average Bonchev–Trinajstić information content (AvgIpc) is 2.27. The van der Waals surface area contributed by atoms with E-state index in [1.54, 1.807) is 18.3 Å². The van der Waals surface area contributed by atoms with Gasteiger partial charge in [0.05, 0.1) is 12.1 Å². The van der Waals surface area contributed by atoms with E-state index in [1.165, 1.54) is 0 Å². The highest BCUT2D eigenvalue weighted by Gasteiger charge is 2.03. The molecule has 0 unspecified atom stereocenters. The van der Waals surface area contributed by atoms with Crippen LogP contribution in [0.25, 0.3) is 10.9 Å². The highest BCUT2D eigenvalue weighted by molar-refractivity contribution is 6.00. The average molecular weight is 186 g/mol. The number of ketones is 1. The lowest BCUT2D eigenvalue weighted by molar-refractivity contribution is 0.100. The summed E-state index contributed by atoms with van der Waals surface area (Å²) in [4.78, 5) is 15.5. The number of hydrogen-bond donors (Lipinski definition) is 1. The van der Waals surface area contributed by atoms with Crippen LogP contribution in [0, 0.1) is 0 Å². The van der Waals surface area contributed by atoms with Crippen LogP contribution in [0.1, 0.15) is 10.4 Å². The van der Waals surface area contributed by atoms with Crippen molar-refractivity contribution in [2.45, 2.75) is 0 Å². The second-order valence-corrected chi connectivity index (χ2v) is 3.04. The Balaban J connectivity index is 2.56. The van der Waals surface area contributed by atoms with Gasteiger partial charge in [-0.15, -0.1) is 0 Å². The fraction of sp³-hybridized carbons (Fsp3) is 0.0909. The lowest BCUT2D eigenvalue weighted by Crippen LogP contribution is -2.13. The van der Waals surface area contributed by atoms with Gasteiger partial charge in [0.15, 0.2) is 5.78 Å². The maximum atomic E-state index is 11.3. The largest absolute Gasteiger partial charge is 0.324 e. The molecule has 1 aromatic heterocycles. The van der Waals surface area contributed by atoms with E-state index in [9.17, 15) is 4.79 Å². The number of Topliss-reactive ketones (excluding diaryl/α,β-unsaturated/α-hetero) is 1. The minimum absolute atomic E-state index is 0.0400. The predicted molar refractivity (Wildman–Crippen MR) is 55.1 cm³/mol. The second kappa shape index (κ2) is 3.55. The number of aromatic nitrogens is 1. The van der Waals surface area contributed by atoms with Gasteiger partial charge in [0.2, 0.25) is 0 Å². The highest BCUT2D eigenvalue weighted by atomic mass is 16.1. The molecule has 0 bridgehead atoms. The fourth-order valence-electron chi connectivity index (χ4n) is 1.36. The first-order valence-corrected chi connectivity index (χ1v) is 4.39. The van der Waals surface area contributed by atoms with Gasteiger partial charge < -0.3 is 5.73 Å². The summed E-state index contributed by atoms with van der Waals surface area (Å²) < 4.78 is 0. The summed E-state index contributed by atoms with van der Waals surface area (Å²) >= 11 is 0. The van der Waals surface area contributed by atoms with Crippen molar-refractivity contribution in [1.82, 2.24) is 4.98 Å². The van der Waals surface area contributed by atoms with Crippen LogP contribution in [-0.4, -0.2) is 17.3 Å². The van der Waals surface area contributed by atoms with Gasteiger partial charge in [-0.05, 0) is 12.1 Å². The molecule has 2 aromatic rings. The fourth-order valence-corrected chi connectivity index (χ4v) is 1.36. The number of hydrogen-bond acceptors (Lipinski definition) is 3. The molecule has 2 N–H and O–H groups in total. The molecule has 1 aromatic carbocycles. The van der Waals surface area contributed by atoms with Gasteiger partial charge in [-0.25, -0.2) is 0 Å². The molecule has 0 saturated carbocycles. The van der Waals surface area contributed by atoms with Gasteiger partial charge in [0, 0.05) is 17.1 Å². The van der Waals surface area contributed by atoms with Gasteiger partial charge in [-0.3, -0.25) is 9.78 Å². The van der Waals surface area contributed by atoms with E-state index in [2.05, 4.69) is 4.98 Å². The topological polar surface area (TPSA) is 56.0 Å². The summed E-state index contributed by atoms with van der Waals surface area (Å²) in [5, 5.41) is 1.03. The summed E-state index contributed by atoms with van der Waals surface area (Å²) in [5.74, 6) is -0.0578. The van der Waals surface area contributed by atoms with Crippen LogP contribution in [0.3, 0.4) is 0 Å². The van der Waals surface area contributed by atoms with E-state index in [1.807, 2.05) is 18.2 Å². The molecule has 0 saturated heterocycles. The van der Waals surface area contributed by atoms with Crippen LogP contribution in [0.4, 0.5) is 0 Å². The summed E-state index contributed by atoms with van der Waals surface area (Å²) in [6, 6.07) is 9.25. The Morgan fingerprint density at radius 3 is 3.00 bits per heavy atom. The van der Waals surface area contributed by atoms with Crippen LogP contribution >= 0.6 is 0 Å². The summed E-state index contributed by atoms with van der Waals surface area (Å²) in [6.07, 6.45) is 1.71. The molecule has 0 fully saturated rings. The van der Waals surface area contributed by atoms with E-state index in [0.29, 0.717) is 5.56 Å². The first-order valence-electron chi connectivity index (χ1n) is 4.39. The van der Waals surface area contributed by atoms with Crippen molar-refractivity contribution in [1.29, 1.82) is 0 Å². The third-order valence-corrected chi connectivity index (χ3v) is 2.11. The minimum Gasteiger partial charge on any atom is -0.324 e. The molecular weight excluding hydrogens is 176 g/mol. The first kappa shape index (κ1) is 8.84. The van der Waals surface area contributed by atoms with E-state index in [0.717, 1.165) is 10.9 Å². The molecule has 0 aliphatic rings. The van der Waals surface area contributed by atoms with E-state index >= 15 is 0 Å². The molecule has 0 radical (unpaired) electrons. The monoisotopic (exact) mass is 186 g/mol. The maximum absolute atomic E-state index is 11.3. The lowest BCUT2D eigenvalue weighted by atomic mass is 10.1. The van der Waals surface area contributed by atoms with Crippen molar-refractivity contribution < 1.29 is 4.79 Å². The van der Waals surface area contributed by atoms with E-state index < -0.39 is 0 Å². The number of benzene rings is 1. The number of nitrogens with zero attached hydrogens (tertiary/aromatic N) is 1. The quantitative estimate of drug-likeness (QED) is 0.721. The van der Waals surface area contributed by atoms with Crippen molar-refractivity contribution >= 4 is 16.7 Å². The number of pyridine rings is 1. The number of carbonyl (C=O) groups excluding carboxylic acids is 1. The molecule has 1 heterocycles. The van der Waals surface area contributed by atoms with Crippen molar-refractivity contribution in [3.05, 3.63) is 42.1 Å². The Bertz CT molecular complexity index is 479. The molecule has 0 aliphatic carbocycles. The number of carbonyl (C=O) groups is 1. The van der Waals surface area contributed by atoms with E-state index in [4.69, 9.17) is 5.73 Å². The van der Waals surface area contributed by atoms with Crippen molar-refractivity contribution in [2.75, 3.05) is 6.54 Å². The number of fused-ring (bicyclic) bond motifs is 1. The molecule has 0 aliphatic heterocycles. The number of rotatable bonds is 2. The zero-order valence-corrected chi connectivity index (χ0v) is 7.60. The summed E-state index contributed by atoms with van der Waals surface area (Å²) in [5.41, 5.74) is 6.73. The van der Waals surface area contributed by atoms with Gasteiger partial charge in [0.25, 0.3) is 0 Å². The Morgan fingerprint density at radius 2 is 2.21 bits per heavy atom. The smallest absolute Gasteiger partial charge is 0.176 e. The molecule has 3 heteroatoms. The molecule has 0 amide bonds. The first-order chi connectivity index (χ1) is 6.81. The zero-order chi connectivity index (χ0) is 9.97. The maximum Gasteiger partial charge on any atom is 0.176 e. The Morgan fingerprint density at radius 1 is 1.36 bits per heavy atom. The van der Waals surface area contributed by atoms with Gasteiger partial charge in [0.1, 0.15) is 0 Å². The van der Waals surface area contributed by atoms with Crippen molar-refractivity contribution in [3.8, 4) is 0 Å². The Kier molecular flexibility index (Phi) is 2.24. The number of nitrogens with two attached hydrogens (primary N) is 1. The predicted octanol–water partition coefficient (Wildman–Crippen LogP) is 1.38. The van der Waals surface area contributed by atoms with E-state index in [-0.39, 0.29) is 12.3 Å². The molecule has 14 heavy (non-hydrogen) atoms. The molecule has 2 rings (SSSR count). The molecular formula is C11H10N2O. The van der Waals surface area contributed by atoms with Crippen molar-refractivity contribution in [2.24, 2.45) is 5.73 Å². The second-order valence-electron chi connectivity index (χ2n) is 3.04. The van der Waals surface area contributed by atoms with Crippen LogP contribution < -0.4 is 5.73 Å². The van der Waals surface area contributed by atoms with Crippen LogP contribution in [0.2, 0.25) is 0 Å². The molecule has 70 valence electrons. The minimum atomic E-state index is -0.0578. The van der Waals surface area contributed by atoms with Gasteiger partial charge in [-0.1, -0.05) is 18.2 Å². The van der Waals surface area contributed by atoms with Crippen LogP contribution in [0.15, 0.2) is 36.5 Å². The van der Waals surface area contributed by atoms with Crippen molar-refractivity contribution in [3.63, 3.8) is 0 Å². The van der Waals surface area contributed by atoms with Crippen LogP contribution in [0.5, 0.6) is 0 Å². The molecule has 3 nitrogen and oxygen atoms in total. The SMILES string of the molecule is NCC(=O)c1ccc2cccnc2c1. The summed E-state index contributed by atoms with van der Waals surface area (Å²) in [6.45, 7) is 0.0400.